The van der Waals surface area contributed by atoms with Crippen LogP contribution in [0.2, 0.25) is 0 Å². The number of allylic oxidation sites excluding steroid dienone is 2. The van der Waals surface area contributed by atoms with Crippen molar-refractivity contribution in [3.05, 3.63) is 156 Å². The van der Waals surface area contributed by atoms with Crippen molar-refractivity contribution in [1.82, 2.24) is 4.98 Å². The Morgan fingerprint density at radius 1 is 0.513 bits per heavy atom. The lowest BCUT2D eigenvalue weighted by Gasteiger charge is -2.25. The third kappa shape index (κ3) is 6.00. The summed E-state index contributed by atoms with van der Waals surface area (Å²) >= 11 is 0. The molecule has 0 unspecified atom stereocenters. The van der Waals surface area contributed by atoms with Crippen LogP contribution in [-0.2, 0) is 0 Å². The first-order chi connectivity index (χ1) is 19.2. The maximum absolute atomic E-state index is 9.90. The van der Waals surface area contributed by atoms with Crippen molar-refractivity contribution in [3.63, 3.8) is 0 Å². The molecule has 0 saturated heterocycles. The highest BCUT2D eigenvalue weighted by atomic mass is 15.1. The van der Waals surface area contributed by atoms with Gasteiger partial charge in [-0.25, -0.2) is 0 Å². The Bertz CT molecular complexity index is 1630. The molecule has 0 atom stereocenters. The molecule has 0 aliphatic rings. The Balaban J connectivity index is 1.41. The van der Waals surface area contributed by atoms with E-state index in [2.05, 4.69) is 58.4 Å². The van der Waals surface area contributed by atoms with Crippen LogP contribution >= 0.6 is 0 Å². The molecule has 0 aliphatic carbocycles. The first-order valence-electron chi connectivity index (χ1n) is 12.5. The van der Waals surface area contributed by atoms with Crippen LogP contribution in [0.4, 0.5) is 17.1 Å². The van der Waals surface area contributed by atoms with Crippen LogP contribution in [0.5, 0.6) is 0 Å². The van der Waals surface area contributed by atoms with Gasteiger partial charge in [0.1, 0.15) is 0 Å². The topological polar surface area (TPSA) is 63.7 Å². The van der Waals surface area contributed by atoms with Gasteiger partial charge in [-0.2, -0.15) is 10.5 Å². The van der Waals surface area contributed by atoms with Gasteiger partial charge in [0, 0.05) is 29.5 Å². The van der Waals surface area contributed by atoms with Gasteiger partial charge >= 0.3 is 0 Å². The van der Waals surface area contributed by atoms with E-state index in [0.717, 1.165) is 39.3 Å². The second-order valence-electron chi connectivity index (χ2n) is 8.80. The van der Waals surface area contributed by atoms with Crippen molar-refractivity contribution < 1.29 is 0 Å². The van der Waals surface area contributed by atoms with Crippen LogP contribution in [0.1, 0.15) is 22.3 Å². The largest absolute Gasteiger partial charge is 0.311 e. The average molecular weight is 501 g/mol. The van der Waals surface area contributed by atoms with Gasteiger partial charge < -0.3 is 4.90 Å². The minimum absolute atomic E-state index is 0.548. The zero-order valence-electron chi connectivity index (χ0n) is 21.1. The van der Waals surface area contributed by atoms with E-state index in [0.29, 0.717) is 11.1 Å². The summed E-state index contributed by atoms with van der Waals surface area (Å²) in [5.74, 6) is 0. The first-order valence-corrected chi connectivity index (χ1v) is 12.5. The van der Waals surface area contributed by atoms with E-state index in [4.69, 9.17) is 0 Å². The van der Waals surface area contributed by atoms with Crippen molar-refractivity contribution in [2.24, 2.45) is 0 Å². The highest BCUT2D eigenvalue weighted by Gasteiger charge is 2.12. The van der Waals surface area contributed by atoms with E-state index in [1.807, 2.05) is 97.1 Å². The van der Waals surface area contributed by atoms with Gasteiger partial charge in [0.05, 0.1) is 23.3 Å². The van der Waals surface area contributed by atoms with Crippen LogP contribution in [-0.4, -0.2) is 4.98 Å². The normalized spacial score (nSPS) is 11.3. The lowest BCUT2D eigenvalue weighted by Crippen LogP contribution is -2.09. The van der Waals surface area contributed by atoms with Crippen molar-refractivity contribution in [2.75, 3.05) is 4.90 Å². The smallest absolute Gasteiger partial charge is 0.0998 e. The molecule has 184 valence electrons. The predicted octanol–water partition coefficient (Wildman–Crippen LogP) is 8.68. The Labute approximate surface area is 228 Å². The molecular weight excluding hydrogens is 476 g/mol. The molecule has 1 aromatic heterocycles. The van der Waals surface area contributed by atoms with Gasteiger partial charge in [-0.15, -0.1) is 0 Å². The fraction of sp³-hybridized carbons (Fsp3) is 0. The maximum atomic E-state index is 9.90. The Morgan fingerprint density at radius 3 is 1.36 bits per heavy atom. The molecule has 0 fully saturated rings. The van der Waals surface area contributed by atoms with Gasteiger partial charge in [0.2, 0.25) is 0 Å². The lowest BCUT2D eigenvalue weighted by molar-refractivity contribution is 1.28. The molecule has 0 spiro atoms. The molecule has 0 aliphatic heterocycles. The van der Waals surface area contributed by atoms with Crippen molar-refractivity contribution in [1.29, 1.82) is 10.5 Å². The molecule has 0 bridgehead atoms. The fourth-order valence-corrected chi connectivity index (χ4v) is 4.30. The van der Waals surface area contributed by atoms with E-state index in [1.54, 1.807) is 12.4 Å². The van der Waals surface area contributed by atoms with Crippen molar-refractivity contribution in [2.45, 2.75) is 0 Å². The molecule has 0 radical (unpaired) electrons. The molecule has 4 aromatic carbocycles. The Hall–Kier alpha value is -5.71. The average Bonchev–Trinajstić information content (AvgIpc) is 3.01. The molecule has 0 amide bonds. The number of benzene rings is 4. The quantitative estimate of drug-likeness (QED) is 0.166. The van der Waals surface area contributed by atoms with Crippen LogP contribution in [0, 0.1) is 22.7 Å². The van der Waals surface area contributed by atoms with Gasteiger partial charge in [-0.1, -0.05) is 72.8 Å². The van der Waals surface area contributed by atoms with E-state index in [9.17, 15) is 10.5 Å². The number of nitriles is 2. The summed E-state index contributed by atoms with van der Waals surface area (Å²) in [6, 6.07) is 44.4. The SMILES string of the molecule is N#C/C(=C\c1ccncc1)c1ccc(/C(C#N)=C/c2ccc(N(c3ccccc3)c3ccccc3)cc2)cc1. The predicted molar refractivity (Wildman–Crippen MR) is 159 cm³/mol. The van der Waals surface area contributed by atoms with Gasteiger partial charge in [0.25, 0.3) is 0 Å². The summed E-state index contributed by atoms with van der Waals surface area (Å²) in [4.78, 5) is 6.21. The van der Waals surface area contributed by atoms with Crippen LogP contribution in [0.15, 0.2) is 134 Å². The fourth-order valence-electron chi connectivity index (χ4n) is 4.30. The van der Waals surface area contributed by atoms with E-state index >= 15 is 0 Å². The molecular formula is C35H24N4. The number of hydrogen-bond acceptors (Lipinski definition) is 4. The van der Waals surface area contributed by atoms with Crippen molar-refractivity contribution >= 4 is 40.4 Å². The maximum Gasteiger partial charge on any atom is 0.0998 e. The summed E-state index contributed by atoms with van der Waals surface area (Å²) in [5.41, 5.74) is 7.68. The number of aromatic nitrogens is 1. The third-order valence-corrected chi connectivity index (χ3v) is 6.26. The molecule has 0 saturated carbocycles. The van der Waals surface area contributed by atoms with E-state index in [-0.39, 0.29) is 0 Å². The monoisotopic (exact) mass is 500 g/mol. The third-order valence-electron chi connectivity index (χ3n) is 6.26. The summed E-state index contributed by atoms with van der Waals surface area (Å²) in [5, 5.41) is 19.6. The molecule has 4 heteroatoms. The summed E-state index contributed by atoms with van der Waals surface area (Å²) < 4.78 is 0. The molecule has 5 aromatic rings. The zero-order valence-corrected chi connectivity index (χ0v) is 21.1. The number of pyridine rings is 1. The Kier molecular flexibility index (Phi) is 7.69. The lowest BCUT2D eigenvalue weighted by atomic mass is 9.99. The molecule has 39 heavy (non-hydrogen) atoms. The van der Waals surface area contributed by atoms with E-state index < -0.39 is 0 Å². The molecule has 4 nitrogen and oxygen atoms in total. The van der Waals surface area contributed by atoms with Crippen LogP contribution in [0.3, 0.4) is 0 Å². The van der Waals surface area contributed by atoms with Gasteiger partial charge in [0.15, 0.2) is 0 Å². The highest BCUT2D eigenvalue weighted by molar-refractivity contribution is 5.92. The summed E-state index contributed by atoms with van der Waals surface area (Å²) in [6.07, 6.45) is 7.10. The number of rotatable bonds is 7. The summed E-state index contributed by atoms with van der Waals surface area (Å²) in [7, 11) is 0. The standard InChI is InChI=1S/C35H24N4/c36-25-31(29-13-15-30(16-14-29)32(26-37)24-28-19-21-38-22-20-28)23-27-11-17-35(18-12-27)39(33-7-3-1-4-8-33)34-9-5-2-6-10-34/h1-24H/b31-23+,32-24+. The van der Waals surface area contributed by atoms with Gasteiger partial charge in [-0.3, -0.25) is 4.98 Å². The minimum Gasteiger partial charge on any atom is -0.311 e. The number of hydrogen-bond donors (Lipinski definition) is 0. The Morgan fingerprint density at radius 2 is 0.923 bits per heavy atom. The van der Waals surface area contributed by atoms with Crippen LogP contribution in [0.25, 0.3) is 23.3 Å². The van der Waals surface area contributed by atoms with E-state index in [1.165, 1.54) is 0 Å². The first kappa shape index (κ1) is 25.0. The molecule has 1 heterocycles. The minimum atomic E-state index is 0.548. The molecule has 5 rings (SSSR count). The van der Waals surface area contributed by atoms with Crippen molar-refractivity contribution in [3.8, 4) is 12.1 Å². The van der Waals surface area contributed by atoms with Crippen LogP contribution < -0.4 is 4.90 Å². The molecule has 0 N–H and O–H groups in total. The summed E-state index contributed by atoms with van der Waals surface area (Å²) in [6.45, 7) is 0. The number of anilines is 3. The number of para-hydroxylation sites is 2. The zero-order chi connectivity index (χ0) is 26.9. The van der Waals surface area contributed by atoms with Gasteiger partial charge in [-0.05, 0) is 82.9 Å². The second-order valence-corrected chi connectivity index (χ2v) is 8.80. The highest BCUT2D eigenvalue weighted by Crippen LogP contribution is 2.34. The second kappa shape index (κ2) is 12.0. The number of nitrogens with zero attached hydrogens (tertiary/aromatic N) is 4.